The topological polar surface area (TPSA) is 36.4 Å². The van der Waals surface area contributed by atoms with Gasteiger partial charge >= 0.3 is 0 Å². The van der Waals surface area contributed by atoms with Crippen LogP contribution in [0.15, 0.2) is 29.6 Å². The lowest BCUT2D eigenvalue weighted by atomic mass is 9.86. The molecule has 22 heavy (non-hydrogen) atoms. The van der Waals surface area contributed by atoms with Crippen LogP contribution in [0.3, 0.4) is 0 Å². The summed E-state index contributed by atoms with van der Waals surface area (Å²) in [4.78, 5) is 7.13. The molecule has 1 atom stereocenters. The predicted octanol–water partition coefficient (Wildman–Crippen LogP) is 3.71. The van der Waals surface area contributed by atoms with Crippen molar-refractivity contribution in [2.24, 2.45) is 0 Å². The molecule has 1 aromatic carbocycles. The fourth-order valence-electron chi connectivity index (χ4n) is 3.38. The lowest BCUT2D eigenvalue weighted by molar-refractivity contribution is 0.152. The van der Waals surface area contributed by atoms with Gasteiger partial charge in [0.05, 0.1) is 6.54 Å². The van der Waals surface area contributed by atoms with E-state index in [-0.39, 0.29) is 6.61 Å². The van der Waals surface area contributed by atoms with Gasteiger partial charge in [0.15, 0.2) is 0 Å². The van der Waals surface area contributed by atoms with E-state index in [4.69, 9.17) is 0 Å². The summed E-state index contributed by atoms with van der Waals surface area (Å²) in [7, 11) is 0. The summed E-state index contributed by atoms with van der Waals surface area (Å²) in [6.45, 7) is 4.11. The molecule has 3 rings (SSSR count). The molecule has 0 saturated heterocycles. The minimum atomic E-state index is 0.252. The summed E-state index contributed by atoms with van der Waals surface area (Å²) < 4.78 is 0. The summed E-state index contributed by atoms with van der Waals surface area (Å²) >= 11 is 1.74. The molecule has 0 aliphatic heterocycles. The quantitative estimate of drug-likeness (QED) is 0.882. The Balaban J connectivity index is 1.82. The number of hydrogen-bond donors (Lipinski definition) is 1. The number of aryl methyl sites for hydroxylation is 2. The van der Waals surface area contributed by atoms with Crippen molar-refractivity contribution in [3.05, 3.63) is 51.5 Å². The fraction of sp³-hybridized carbons (Fsp3) is 0.500. The van der Waals surface area contributed by atoms with Crippen LogP contribution < -0.4 is 0 Å². The maximum absolute atomic E-state index is 9.24. The Labute approximate surface area is 136 Å². The molecule has 1 aliphatic rings. The second kappa shape index (κ2) is 7.36. The molecule has 0 amide bonds. The van der Waals surface area contributed by atoms with Crippen molar-refractivity contribution in [1.29, 1.82) is 0 Å². The van der Waals surface area contributed by atoms with E-state index >= 15 is 0 Å². The van der Waals surface area contributed by atoms with Crippen molar-refractivity contribution >= 4 is 11.3 Å². The van der Waals surface area contributed by atoms with Crippen LogP contribution in [0.4, 0.5) is 0 Å². The summed E-state index contributed by atoms with van der Waals surface area (Å²) in [6, 6.07) is 9.29. The zero-order chi connectivity index (χ0) is 15.4. The van der Waals surface area contributed by atoms with E-state index in [1.54, 1.807) is 11.3 Å². The van der Waals surface area contributed by atoms with Crippen LogP contribution in [0, 0.1) is 6.92 Å². The van der Waals surface area contributed by atoms with Crippen LogP contribution in [-0.2, 0) is 13.0 Å². The molecule has 1 aromatic heterocycles. The number of thiazole rings is 1. The van der Waals surface area contributed by atoms with Gasteiger partial charge in [0.2, 0.25) is 0 Å². The van der Waals surface area contributed by atoms with Crippen LogP contribution >= 0.6 is 11.3 Å². The van der Waals surface area contributed by atoms with Crippen molar-refractivity contribution in [3.8, 4) is 0 Å². The highest BCUT2D eigenvalue weighted by Gasteiger charge is 2.26. The number of fused-ring (bicyclic) bond motifs is 1. The lowest BCUT2D eigenvalue weighted by Gasteiger charge is -2.35. The largest absolute Gasteiger partial charge is 0.396 e. The molecule has 118 valence electrons. The number of aromatic nitrogens is 1. The van der Waals surface area contributed by atoms with Gasteiger partial charge in [-0.15, -0.1) is 11.3 Å². The second-order valence-corrected chi connectivity index (χ2v) is 6.98. The fourth-order valence-corrected chi connectivity index (χ4v) is 4.17. The molecule has 3 nitrogen and oxygen atoms in total. The third-order valence-electron chi connectivity index (χ3n) is 4.39. The molecular weight excluding hydrogens is 292 g/mol. The minimum absolute atomic E-state index is 0.252. The van der Waals surface area contributed by atoms with Gasteiger partial charge in [-0.1, -0.05) is 24.3 Å². The van der Waals surface area contributed by atoms with Crippen molar-refractivity contribution in [2.45, 2.75) is 45.2 Å². The second-order valence-electron chi connectivity index (χ2n) is 6.04. The highest BCUT2D eigenvalue weighted by Crippen LogP contribution is 2.35. The number of aliphatic hydroxyl groups excluding tert-OH is 1. The van der Waals surface area contributed by atoms with Gasteiger partial charge in [-0.25, -0.2) is 4.98 Å². The molecule has 1 unspecified atom stereocenters. The number of nitrogens with zero attached hydrogens (tertiary/aromatic N) is 2. The summed E-state index contributed by atoms with van der Waals surface area (Å²) in [6.07, 6.45) is 4.46. The van der Waals surface area contributed by atoms with Crippen molar-refractivity contribution in [1.82, 2.24) is 9.88 Å². The normalized spacial score (nSPS) is 17.7. The Morgan fingerprint density at radius 3 is 3.00 bits per heavy atom. The van der Waals surface area contributed by atoms with E-state index in [0.717, 1.165) is 25.2 Å². The molecule has 2 aromatic rings. The van der Waals surface area contributed by atoms with Crippen molar-refractivity contribution in [3.63, 3.8) is 0 Å². The monoisotopic (exact) mass is 316 g/mol. The Bertz CT molecular complexity index is 611. The van der Waals surface area contributed by atoms with Gasteiger partial charge < -0.3 is 5.11 Å². The zero-order valence-corrected chi connectivity index (χ0v) is 14.0. The average Bonchev–Trinajstić information content (AvgIpc) is 2.96. The predicted molar refractivity (Wildman–Crippen MR) is 91.1 cm³/mol. The molecule has 0 saturated carbocycles. The molecule has 0 radical (unpaired) electrons. The number of hydrogen-bond acceptors (Lipinski definition) is 4. The van der Waals surface area contributed by atoms with E-state index in [2.05, 4.69) is 39.5 Å². The van der Waals surface area contributed by atoms with Crippen LogP contribution in [0.1, 0.15) is 47.1 Å². The van der Waals surface area contributed by atoms with Gasteiger partial charge in [0, 0.05) is 30.3 Å². The zero-order valence-electron chi connectivity index (χ0n) is 13.2. The molecule has 0 bridgehead atoms. The highest BCUT2D eigenvalue weighted by atomic mass is 32.1. The summed E-state index contributed by atoms with van der Waals surface area (Å²) in [5.41, 5.74) is 4.06. The molecular formula is C18H24N2OS. The van der Waals surface area contributed by atoms with E-state index < -0.39 is 0 Å². The van der Waals surface area contributed by atoms with Crippen LogP contribution in [0.5, 0.6) is 0 Å². The first-order chi connectivity index (χ1) is 10.8. The molecule has 1 heterocycles. The summed E-state index contributed by atoms with van der Waals surface area (Å²) in [5.74, 6) is 0. The van der Waals surface area contributed by atoms with Crippen molar-refractivity contribution < 1.29 is 5.11 Å². The molecule has 1 N–H and O–H groups in total. The Kier molecular flexibility index (Phi) is 5.24. The van der Waals surface area contributed by atoms with Gasteiger partial charge in [-0.3, -0.25) is 4.90 Å². The summed E-state index contributed by atoms with van der Waals surface area (Å²) in [5, 5.41) is 12.5. The van der Waals surface area contributed by atoms with Gasteiger partial charge in [-0.05, 0) is 43.7 Å². The number of rotatable bonds is 6. The van der Waals surface area contributed by atoms with E-state index in [1.807, 2.05) is 6.92 Å². The minimum Gasteiger partial charge on any atom is -0.396 e. The highest BCUT2D eigenvalue weighted by molar-refractivity contribution is 7.09. The van der Waals surface area contributed by atoms with Crippen molar-refractivity contribution in [2.75, 3.05) is 13.2 Å². The lowest BCUT2D eigenvalue weighted by Crippen LogP contribution is -2.32. The van der Waals surface area contributed by atoms with Gasteiger partial charge in [0.1, 0.15) is 5.01 Å². The molecule has 0 fully saturated rings. The SMILES string of the molecule is Cc1csc(CN(CCCO)C2CCCc3ccccc32)n1. The van der Waals surface area contributed by atoms with E-state index in [9.17, 15) is 5.11 Å². The number of benzene rings is 1. The van der Waals surface area contributed by atoms with Crippen LogP contribution in [0.2, 0.25) is 0 Å². The van der Waals surface area contributed by atoms with E-state index in [1.165, 1.54) is 35.4 Å². The Morgan fingerprint density at radius 2 is 2.23 bits per heavy atom. The Hall–Kier alpha value is -1.23. The molecule has 4 heteroatoms. The molecule has 1 aliphatic carbocycles. The maximum atomic E-state index is 9.24. The first-order valence-electron chi connectivity index (χ1n) is 8.11. The first kappa shape index (κ1) is 15.7. The standard InChI is InChI=1S/C18H24N2OS/c1-14-13-22-18(19-14)12-20(10-5-11-21)17-9-4-7-15-6-2-3-8-16(15)17/h2-3,6,8,13,17,21H,4-5,7,9-12H2,1H3. The van der Waals surface area contributed by atoms with Crippen LogP contribution in [0.25, 0.3) is 0 Å². The third-order valence-corrected chi connectivity index (χ3v) is 5.34. The third kappa shape index (κ3) is 3.57. The van der Waals surface area contributed by atoms with Gasteiger partial charge in [0.25, 0.3) is 0 Å². The molecule has 0 spiro atoms. The van der Waals surface area contributed by atoms with Crippen LogP contribution in [-0.4, -0.2) is 28.1 Å². The Morgan fingerprint density at radius 1 is 1.36 bits per heavy atom. The first-order valence-corrected chi connectivity index (χ1v) is 8.99. The smallest absolute Gasteiger partial charge is 0.107 e. The maximum Gasteiger partial charge on any atom is 0.107 e. The number of aliphatic hydroxyl groups is 1. The van der Waals surface area contributed by atoms with Gasteiger partial charge in [-0.2, -0.15) is 0 Å². The average molecular weight is 316 g/mol. The van der Waals surface area contributed by atoms with E-state index in [0.29, 0.717) is 6.04 Å².